The highest BCUT2D eigenvalue weighted by Gasteiger charge is 2.52. The van der Waals surface area contributed by atoms with E-state index in [1.807, 2.05) is 10.8 Å². The normalized spacial score (nSPS) is 28.5. The summed E-state index contributed by atoms with van der Waals surface area (Å²) in [5, 5.41) is 10.4. The quantitative estimate of drug-likeness (QED) is 0.233. The maximum atomic E-state index is 3.83. The van der Waals surface area contributed by atoms with Gasteiger partial charge in [0.15, 0.2) is 0 Å². The molecule has 2 heterocycles. The summed E-state index contributed by atoms with van der Waals surface area (Å²) in [4.78, 5) is 0. The monoisotopic (exact) mass is 580 g/mol. The van der Waals surface area contributed by atoms with Crippen LogP contribution in [0.5, 0.6) is 0 Å². The number of nitrogens with one attached hydrogen (secondary N) is 2. The van der Waals surface area contributed by atoms with Crippen LogP contribution < -0.4 is 10.6 Å². The minimum absolute atomic E-state index is 0.173. The fraction of sp³-hybridized carbons (Fsp3) is 0.871. The van der Waals surface area contributed by atoms with Gasteiger partial charge in [0.05, 0.1) is 16.1 Å². The largest absolute Gasteiger partial charge is 0.316 e. The molecule has 0 aromatic carbocycles. The Morgan fingerprint density at radius 3 is 1.62 bits per heavy atom. The SMILES string of the molecule is CC(C)(C)P(CC1=C(C(P)(C2CCCNC2)C2CCCNC2)C=C([Si](C)(C)C)C1[Si](C)(C)C)C(C)(C)C. The zero-order chi connectivity index (χ0) is 28.0. The van der Waals surface area contributed by atoms with E-state index in [2.05, 4.69) is 107 Å². The Morgan fingerprint density at radius 2 is 1.30 bits per heavy atom. The molecule has 3 rings (SSSR count). The van der Waals surface area contributed by atoms with E-state index in [0.29, 0.717) is 22.1 Å². The molecule has 4 unspecified atom stereocenters. The van der Waals surface area contributed by atoms with E-state index in [9.17, 15) is 0 Å². The summed E-state index contributed by atoms with van der Waals surface area (Å²) in [6, 6.07) is 0. The molecule has 0 radical (unpaired) electrons. The van der Waals surface area contributed by atoms with E-state index in [4.69, 9.17) is 0 Å². The fourth-order valence-electron chi connectivity index (χ4n) is 7.84. The van der Waals surface area contributed by atoms with Crippen LogP contribution in [0.2, 0.25) is 44.8 Å². The first-order valence-corrected chi connectivity index (χ1v) is 24.4. The van der Waals surface area contributed by atoms with Crippen molar-refractivity contribution in [2.45, 2.75) is 128 Å². The maximum Gasteiger partial charge on any atom is 0.0728 e. The maximum absolute atomic E-state index is 3.83. The van der Waals surface area contributed by atoms with Gasteiger partial charge in [-0.25, -0.2) is 0 Å². The predicted octanol–water partition coefficient (Wildman–Crippen LogP) is 8.50. The number of piperidine rings is 2. The summed E-state index contributed by atoms with van der Waals surface area (Å²) in [5.74, 6) is 1.41. The van der Waals surface area contributed by atoms with Crippen LogP contribution in [0.3, 0.4) is 0 Å². The molecule has 6 heteroatoms. The summed E-state index contributed by atoms with van der Waals surface area (Å²) in [5.41, 5.74) is 4.42. The molecule has 0 aromatic heterocycles. The van der Waals surface area contributed by atoms with Crippen molar-refractivity contribution >= 4 is 33.3 Å². The molecule has 0 amide bonds. The second-order valence-electron chi connectivity index (χ2n) is 16.5. The van der Waals surface area contributed by atoms with Crippen molar-refractivity contribution in [2.24, 2.45) is 11.8 Å². The van der Waals surface area contributed by atoms with Crippen LogP contribution in [-0.2, 0) is 0 Å². The highest BCUT2D eigenvalue weighted by Crippen LogP contribution is 2.65. The number of hydrogen-bond acceptors (Lipinski definition) is 2. The summed E-state index contributed by atoms with van der Waals surface area (Å²) >= 11 is 0. The van der Waals surface area contributed by atoms with Gasteiger partial charge in [0, 0.05) is 5.16 Å². The molecule has 37 heavy (non-hydrogen) atoms. The Hall–Kier alpha value is 0.694. The zero-order valence-electron chi connectivity index (χ0n) is 26.7. The Morgan fingerprint density at radius 1 is 0.838 bits per heavy atom. The van der Waals surface area contributed by atoms with Gasteiger partial charge in [0.1, 0.15) is 0 Å². The van der Waals surface area contributed by atoms with E-state index < -0.39 is 16.1 Å². The minimum Gasteiger partial charge on any atom is -0.316 e. The predicted molar refractivity (Wildman–Crippen MR) is 180 cm³/mol. The molecule has 4 atom stereocenters. The molecule has 2 fully saturated rings. The van der Waals surface area contributed by atoms with E-state index in [-0.39, 0.29) is 13.1 Å². The first kappa shape index (κ1) is 32.2. The molecule has 1 aliphatic carbocycles. The van der Waals surface area contributed by atoms with Gasteiger partial charge in [0.25, 0.3) is 0 Å². The van der Waals surface area contributed by atoms with Gasteiger partial charge < -0.3 is 10.6 Å². The van der Waals surface area contributed by atoms with E-state index in [1.54, 1.807) is 5.57 Å². The number of rotatable bonds is 7. The molecule has 214 valence electrons. The number of allylic oxidation sites excluding steroid dienone is 4. The molecule has 2 aliphatic heterocycles. The Bertz CT molecular complexity index is 824. The molecule has 0 aromatic rings. The van der Waals surface area contributed by atoms with Crippen molar-refractivity contribution in [3.8, 4) is 0 Å². The highest BCUT2D eigenvalue weighted by atomic mass is 31.1. The van der Waals surface area contributed by atoms with E-state index >= 15 is 0 Å². The molecular weight excluding hydrogens is 518 g/mol. The molecule has 3 aliphatic rings. The molecular formula is C31H62N2P2Si2. The van der Waals surface area contributed by atoms with Crippen LogP contribution in [0.25, 0.3) is 0 Å². The highest BCUT2D eigenvalue weighted by molar-refractivity contribution is 7.61. The van der Waals surface area contributed by atoms with Crippen LogP contribution in [-0.4, -0.2) is 64.0 Å². The molecule has 0 saturated carbocycles. The van der Waals surface area contributed by atoms with Gasteiger partial charge in [-0.3, -0.25) is 0 Å². The summed E-state index contributed by atoms with van der Waals surface area (Å²) < 4.78 is 0. The molecule has 0 spiro atoms. The molecule has 2 saturated heterocycles. The van der Waals surface area contributed by atoms with Crippen molar-refractivity contribution < 1.29 is 0 Å². The van der Waals surface area contributed by atoms with Crippen molar-refractivity contribution in [2.75, 3.05) is 32.3 Å². The third-order valence-electron chi connectivity index (χ3n) is 9.40. The lowest BCUT2D eigenvalue weighted by molar-refractivity contribution is 0.221. The van der Waals surface area contributed by atoms with Crippen LogP contribution in [0.1, 0.15) is 67.2 Å². The summed E-state index contributed by atoms with van der Waals surface area (Å²) in [6.45, 7) is 35.8. The van der Waals surface area contributed by atoms with Crippen molar-refractivity contribution in [3.05, 3.63) is 22.4 Å². The lowest BCUT2D eigenvalue weighted by Gasteiger charge is -2.50. The summed E-state index contributed by atoms with van der Waals surface area (Å²) in [6.07, 6.45) is 9.56. The Labute approximate surface area is 237 Å². The second-order valence-corrected chi connectivity index (χ2v) is 31.7. The molecule has 0 bridgehead atoms. The van der Waals surface area contributed by atoms with Crippen molar-refractivity contribution in [3.63, 3.8) is 0 Å². The zero-order valence-corrected chi connectivity index (χ0v) is 30.7. The van der Waals surface area contributed by atoms with Crippen molar-refractivity contribution in [1.82, 2.24) is 10.6 Å². The third kappa shape index (κ3) is 7.13. The van der Waals surface area contributed by atoms with Crippen LogP contribution in [0.4, 0.5) is 0 Å². The average Bonchev–Trinajstić information content (AvgIpc) is 3.17. The third-order valence-corrected chi connectivity index (χ3v) is 19.4. The van der Waals surface area contributed by atoms with Gasteiger partial charge in [0.2, 0.25) is 0 Å². The first-order valence-electron chi connectivity index (χ1n) is 15.2. The standard InChI is InChI=1S/C31H62N2P2Si2/c1-29(2,3)35(30(4,5)6)22-25-26(19-27(36(7,8)9)28(25)37(10,11)12)31(34,23-15-13-17-32-20-23)24-16-14-18-33-21-24/h19,23-24,28,32-33H,13-18,20-22,34H2,1-12H3. The minimum atomic E-state index is -1.49. The van der Waals surface area contributed by atoms with Crippen molar-refractivity contribution in [1.29, 1.82) is 0 Å². The van der Waals surface area contributed by atoms with Gasteiger partial charge >= 0.3 is 0 Å². The van der Waals surface area contributed by atoms with Gasteiger partial charge in [-0.15, -0.1) is 9.24 Å². The van der Waals surface area contributed by atoms with Crippen LogP contribution in [0.15, 0.2) is 22.4 Å². The second kappa shape index (κ2) is 11.5. The van der Waals surface area contributed by atoms with E-state index in [1.165, 1.54) is 58.0 Å². The van der Waals surface area contributed by atoms with Crippen LogP contribution >= 0.6 is 17.2 Å². The smallest absolute Gasteiger partial charge is 0.0728 e. The number of hydrogen-bond donors (Lipinski definition) is 2. The molecule has 2 N–H and O–H groups in total. The topological polar surface area (TPSA) is 24.1 Å². The summed E-state index contributed by atoms with van der Waals surface area (Å²) in [7, 11) is 0.461. The van der Waals surface area contributed by atoms with E-state index in [0.717, 1.165) is 5.54 Å². The average molecular weight is 581 g/mol. The Kier molecular flexibility index (Phi) is 10.0. The fourth-order valence-corrected chi connectivity index (χ4v) is 19.0. The lowest BCUT2D eigenvalue weighted by atomic mass is 9.69. The molecule has 2 nitrogen and oxygen atoms in total. The van der Waals surface area contributed by atoms with Crippen LogP contribution in [0, 0.1) is 11.8 Å². The lowest BCUT2D eigenvalue weighted by Crippen LogP contribution is -2.52. The van der Waals surface area contributed by atoms with Gasteiger partial charge in [-0.05, 0) is 91.3 Å². The Balaban J connectivity index is 2.31. The first-order chi connectivity index (χ1) is 16.8. The van der Waals surface area contributed by atoms with Gasteiger partial charge in [-0.1, -0.05) is 106 Å². The van der Waals surface area contributed by atoms with Gasteiger partial charge in [-0.2, -0.15) is 0 Å².